The maximum absolute atomic E-state index is 13.5. The Labute approximate surface area is 165 Å². The van der Waals surface area contributed by atoms with Gasteiger partial charge >= 0.3 is 0 Å². The molecule has 1 saturated heterocycles. The number of hydrogen-bond acceptors (Lipinski definition) is 7. The van der Waals surface area contributed by atoms with Gasteiger partial charge in [-0.05, 0) is 57.0 Å². The average Bonchev–Trinajstić information content (AvgIpc) is 2.99. The van der Waals surface area contributed by atoms with Crippen molar-refractivity contribution in [2.24, 2.45) is 0 Å². The van der Waals surface area contributed by atoms with E-state index in [9.17, 15) is 9.67 Å². The van der Waals surface area contributed by atoms with E-state index in [0.29, 0.717) is 29.7 Å². The largest absolute Gasteiger partial charge is 0.504 e. The van der Waals surface area contributed by atoms with Crippen molar-refractivity contribution in [2.45, 2.75) is 33.3 Å². The summed E-state index contributed by atoms with van der Waals surface area (Å²) in [5.41, 5.74) is 2.49. The lowest BCUT2D eigenvalue weighted by atomic mass is 10.2. The van der Waals surface area contributed by atoms with Crippen LogP contribution in [0.2, 0.25) is 0 Å². The van der Waals surface area contributed by atoms with Gasteiger partial charge in [-0.25, -0.2) is 9.97 Å². The van der Waals surface area contributed by atoms with Gasteiger partial charge in [0.15, 0.2) is 11.5 Å². The molecule has 1 aromatic carbocycles. The van der Waals surface area contributed by atoms with E-state index in [2.05, 4.69) is 15.3 Å². The van der Waals surface area contributed by atoms with Gasteiger partial charge in [0, 0.05) is 29.4 Å². The molecule has 1 aliphatic rings. The SMILES string of the molecule is COc1cc(C=C(CNc2nc(C)cc(C)n2)P2(=O)CC[C@@H](C)O2)ccc1O. The van der Waals surface area contributed by atoms with Crippen molar-refractivity contribution in [2.75, 3.05) is 25.1 Å². The second kappa shape index (κ2) is 8.33. The second-order valence-electron chi connectivity index (χ2n) is 7.00. The molecule has 0 saturated carbocycles. The van der Waals surface area contributed by atoms with Gasteiger partial charge in [0.25, 0.3) is 0 Å². The lowest BCUT2D eigenvalue weighted by molar-refractivity contribution is 0.256. The molecule has 0 bridgehead atoms. The third-order valence-corrected chi connectivity index (χ3v) is 7.27. The van der Waals surface area contributed by atoms with Crippen molar-refractivity contribution in [1.29, 1.82) is 0 Å². The summed E-state index contributed by atoms with van der Waals surface area (Å²) in [6, 6.07) is 6.90. The number of nitrogens with one attached hydrogen (secondary N) is 1. The minimum atomic E-state index is -2.96. The Balaban J connectivity index is 1.92. The molecule has 3 rings (SSSR count). The van der Waals surface area contributed by atoms with Crippen LogP contribution in [-0.2, 0) is 9.09 Å². The highest BCUT2D eigenvalue weighted by Crippen LogP contribution is 2.61. The Kier molecular flexibility index (Phi) is 6.06. The fourth-order valence-electron chi connectivity index (χ4n) is 3.18. The summed E-state index contributed by atoms with van der Waals surface area (Å²) in [5.74, 6) is 0.906. The van der Waals surface area contributed by atoms with Crippen molar-refractivity contribution in [3.05, 3.63) is 46.5 Å². The molecule has 0 radical (unpaired) electrons. The van der Waals surface area contributed by atoms with Crippen LogP contribution in [0.25, 0.3) is 6.08 Å². The van der Waals surface area contributed by atoms with E-state index in [4.69, 9.17) is 9.26 Å². The molecule has 2 N–H and O–H groups in total. The molecule has 28 heavy (non-hydrogen) atoms. The second-order valence-corrected chi connectivity index (χ2v) is 9.58. The summed E-state index contributed by atoms with van der Waals surface area (Å²) >= 11 is 0. The summed E-state index contributed by atoms with van der Waals surface area (Å²) in [6.07, 6.45) is 3.05. The predicted octanol–water partition coefficient (Wildman–Crippen LogP) is 4.35. The first-order chi connectivity index (χ1) is 13.3. The average molecular weight is 403 g/mol. The van der Waals surface area contributed by atoms with Crippen LogP contribution < -0.4 is 10.1 Å². The highest BCUT2D eigenvalue weighted by molar-refractivity contribution is 7.64. The number of ether oxygens (including phenoxy) is 1. The van der Waals surface area contributed by atoms with Crippen molar-refractivity contribution in [1.82, 2.24) is 9.97 Å². The molecule has 2 aromatic rings. The van der Waals surface area contributed by atoms with E-state index in [-0.39, 0.29) is 11.9 Å². The molecule has 150 valence electrons. The summed E-state index contributed by atoms with van der Waals surface area (Å²) in [7, 11) is -1.47. The van der Waals surface area contributed by atoms with Crippen molar-refractivity contribution < 1.29 is 18.9 Å². The molecule has 1 unspecified atom stereocenters. The number of rotatable bonds is 6. The first kappa shape index (κ1) is 20.4. The van der Waals surface area contributed by atoms with Crippen LogP contribution in [0.4, 0.5) is 5.95 Å². The van der Waals surface area contributed by atoms with Crippen LogP contribution >= 0.6 is 7.37 Å². The standard InChI is InChI=1S/C20H26N3O4P/c1-13-9-14(2)23-20(22-13)21-12-17(28(25)8-7-15(3)27-28)10-16-5-6-18(24)19(11-16)26-4/h5-6,9-11,15,24H,7-8,12H2,1-4H3,(H,21,22,23)/t15-,28?/m1/s1. The number of phenolic OH excluding ortho intramolecular Hbond substituents is 1. The van der Waals surface area contributed by atoms with Gasteiger partial charge in [0.2, 0.25) is 13.3 Å². The van der Waals surface area contributed by atoms with E-state index < -0.39 is 7.37 Å². The van der Waals surface area contributed by atoms with Gasteiger partial charge in [0.05, 0.1) is 13.2 Å². The fraction of sp³-hybridized carbons (Fsp3) is 0.400. The van der Waals surface area contributed by atoms with E-state index in [1.807, 2.05) is 32.9 Å². The number of anilines is 1. The van der Waals surface area contributed by atoms with E-state index >= 15 is 0 Å². The predicted molar refractivity (Wildman–Crippen MR) is 110 cm³/mol. The molecule has 2 heterocycles. The van der Waals surface area contributed by atoms with Crippen molar-refractivity contribution >= 4 is 19.4 Å². The molecule has 2 atom stereocenters. The molecule has 1 fully saturated rings. The molecule has 1 aliphatic heterocycles. The zero-order valence-electron chi connectivity index (χ0n) is 16.6. The summed E-state index contributed by atoms with van der Waals surface area (Å²) < 4.78 is 24.5. The lowest BCUT2D eigenvalue weighted by Gasteiger charge is -2.18. The van der Waals surface area contributed by atoms with Gasteiger partial charge in [-0.3, -0.25) is 4.57 Å². The van der Waals surface area contributed by atoms with Crippen LogP contribution in [0.5, 0.6) is 11.5 Å². The molecule has 0 aliphatic carbocycles. The summed E-state index contributed by atoms with van der Waals surface area (Å²) in [6.45, 7) is 6.05. The van der Waals surface area contributed by atoms with E-state index in [1.165, 1.54) is 7.11 Å². The van der Waals surface area contributed by atoms with Crippen LogP contribution in [0.1, 0.15) is 30.3 Å². The molecular weight excluding hydrogens is 377 g/mol. The Hall–Kier alpha value is -2.37. The Morgan fingerprint density at radius 1 is 1.36 bits per heavy atom. The first-order valence-corrected chi connectivity index (χ1v) is 11.0. The fourth-order valence-corrected chi connectivity index (χ4v) is 5.76. The van der Waals surface area contributed by atoms with Crippen molar-refractivity contribution in [3.63, 3.8) is 0 Å². The van der Waals surface area contributed by atoms with E-state index in [0.717, 1.165) is 23.4 Å². The number of aryl methyl sites for hydroxylation is 2. The maximum Gasteiger partial charge on any atom is 0.230 e. The maximum atomic E-state index is 13.5. The first-order valence-electron chi connectivity index (χ1n) is 9.21. The van der Waals surface area contributed by atoms with Crippen molar-refractivity contribution in [3.8, 4) is 11.5 Å². The Morgan fingerprint density at radius 3 is 2.68 bits per heavy atom. The highest BCUT2D eigenvalue weighted by Gasteiger charge is 2.36. The molecule has 7 nitrogen and oxygen atoms in total. The minimum absolute atomic E-state index is 0.0407. The number of aromatic nitrogens is 2. The quantitative estimate of drug-likeness (QED) is 0.693. The molecule has 0 amide bonds. The molecular formula is C20H26N3O4P. The Morgan fingerprint density at radius 2 is 2.07 bits per heavy atom. The number of nitrogens with zero attached hydrogens (tertiary/aromatic N) is 2. The van der Waals surface area contributed by atoms with Crippen LogP contribution in [0.15, 0.2) is 29.6 Å². The van der Waals surface area contributed by atoms with Gasteiger partial charge in [-0.2, -0.15) is 0 Å². The van der Waals surface area contributed by atoms with Gasteiger partial charge in [-0.15, -0.1) is 0 Å². The molecule has 1 aromatic heterocycles. The zero-order chi connectivity index (χ0) is 20.3. The minimum Gasteiger partial charge on any atom is -0.504 e. The molecule has 0 spiro atoms. The Bertz CT molecular complexity index is 925. The number of phenols is 1. The number of methoxy groups -OCH3 is 1. The van der Waals surface area contributed by atoms with E-state index in [1.54, 1.807) is 18.2 Å². The normalized spacial score (nSPS) is 22.3. The number of hydrogen-bond donors (Lipinski definition) is 2. The summed E-state index contributed by atoms with van der Waals surface area (Å²) in [5, 5.41) is 13.7. The third kappa shape index (κ3) is 4.72. The van der Waals surface area contributed by atoms with Gasteiger partial charge < -0.3 is 19.7 Å². The lowest BCUT2D eigenvalue weighted by Crippen LogP contribution is -2.10. The van der Waals surface area contributed by atoms with Crippen LogP contribution in [-0.4, -0.2) is 41.0 Å². The third-order valence-electron chi connectivity index (χ3n) is 4.56. The van der Waals surface area contributed by atoms with Crippen LogP contribution in [0, 0.1) is 13.8 Å². The van der Waals surface area contributed by atoms with Gasteiger partial charge in [0.1, 0.15) is 0 Å². The topological polar surface area (TPSA) is 93.6 Å². The number of benzene rings is 1. The zero-order valence-corrected chi connectivity index (χ0v) is 17.5. The van der Waals surface area contributed by atoms with Gasteiger partial charge in [-0.1, -0.05) is 6.07 Å². The van der Waals surface area contributed by atoms with Crippen LogP contribution in [0.3, 0.4) is 0 Å². The highest BCUT2D eigenvalue weighted by atomic mass is 31.2. The summed E-state index contributed by atoms with van der Waals surface area (Å²) in [4.78, 5) is 8.77. The smallest absolute Gasteiger partial charge is 0.230 e. The number of aromatic hydroxyl groups is 1. The molecule has 8 heteroatoms. The monoisotopic (exact) mass is 403 g/mol.